The lowest BCUT2D eigenvalue weighted by atomic mass is 9.62. The topological polar surface area (TPSA) is 127 Å². The summed E-state index contributed by atoms with van der Waals surface area (Å²) >= 11 is 0. The Morgan fingerprint density at radius 3 is 2.22 bits per heavy atom. The van der Waals surface area contributed by atoms with Gasteiger partial charge in [0.2, 0.25) is 0 Å². The van der Waals surface area contributed by atoms with Gasteiger partial charge in [-0.1, -0.05) is 35.5 Å². The molecule has 1 aliphatic carbocycles. The van der Waals surface area contributed by atoms with Crippen molar-refractivity contribution in [2.24, 2.45) is 23.7 Å². The number of allylic oxidation sites excluding steroid dienone is 5. The molecule has 0 spiro atoms. The summed E-state index contributed by atoms with van der Waals surface area (Å²) in [4.78, 5) is 13.6. The number of ketones is 1. The van der Waals surface area contributed by atoms with E-state index in [0.717, 1.165) is 23.6 Å². The Hall–Kier alpha value is -2.45. The largest absolute Gasteiger partial charge is 0.508 e. The molecule has 7 nitrogen and oxygen atoms in total. The van der Waals surface area contributed by atoms with Crippen molar-refractivity contribution < 1.29 is 35.1 Å². The number of ether oxygens (including phenoxy) is 1. The zero-order valence-corrected chi connectivity index (χ0v) is 22.5. The van der Waals surface area contributed by atoms with Gasteiger partial charge in [0, 0.05) is 23.5 Å². The Kier molecular flexibility index (Phi) is 9.40. The molecule has 1 aliphatic heterocycles. The summed E-state index contributed by atoms with van der Waals surface area (Å²) in [6.07, 6.45) is -0.208. The lowest BCUT2D eigenvalue weighted by Gasteiger charge is -2.52. The fourth-order valence-corrected chi connectivity index (χ4v) is 5.69. The van der Waals surface area contributed by atoms with Crippen molar-refractivity contribution in [3.8, 4) is 11.5 Å². The van der Waals surface area contributed by atoms with Crippen molar-refractivity contribution >= 4 is 5.78 Å². The van der Waals surface area contributed by atoms with E-state index in [1.165, 1.54) is 17.7 Å². The third kappa shape index (κ3) is 6.34. The highest BCUT2D eigenvalue weighted by atomic mass is 16.5. The molecule has 9 atom stereocenters. The Balaban J connectivity index is 2.04. The van der Waals surface area contributed by atoms with Crippen LogP contribution < -0.4 is 0 Å². The number of phenols is 2. The number of benzene rings is 1. The predicted octanol–water partition coefficient (Wildman–Crippen LogP) is 4.35. The number of hydrogen-bond acceptors (Lipinski definition) is 7. The standard InChI is InChI=1S/C30H42O7/c1-15(2)7-9-18(17(5)6)13-22-25(33)21(11-8-16(3)4)26(34)24-27(35)28(36)30(37-29(22)24)20-12-10-19(31)14-23(20)32/h7-8,10,12,14,18,21-22,24-26,28-34,36H,5,9,11,13H2,1-4,6H3. The molecule has 1 aromatic rings. The third-order valence-electron chi connectivity index (χ3n) is 7.85. The van der Waals surface area contributed by atoms with E-state index >= 15 is 0 Å². The summed E-state index contributed by atoms with van der Waals surface area (Å²) < 4.78 is 6.32. The summed E-state index contributed by atoms with van der Waals surface area (Å²) in [7, 11) is 0. The van der Waals surface area contributed by atoms with Crippen LogP contribution in [0.5, 0.6) is 11.5 Å². The molecule has 0 bridgehead atoms. The van der Waals surface area contributed by atoms with Crippen LogP contribution in [-0.4, -0.2) is 55.7 Å². The Morgan fingerprint density at radius 1 is 1.00 bits per heavy atom. The first-order valence-electron chi connectivity index (χ1n) is 13.0. The van der Waals surface area contributed by atoms with E-state index < -0.39 is 54.1 Å². The van der Waals surface area contributed by atoms with Crippen molar-refractivity contribution in [3.05, 3.63) is 59.2 Å². The maximum atomic E-state index is 13.6. The Morgan fingerprint density at radius 2 is 1.65 bits per heavy atom. The molecule has 0 radical (unpaired) electrons. The number of aliphatic hydroxyl groups is 3. The lowest BCUT2D eigenvalue weighted by Crippen LogP contribution is -2.63. The highest BCUT2D eigenvalue weighted by Gasteiger charge is 2.58. The van der Waals surface area contributed by atoms with Crippen LogP contribution in [0.4, 0.5) is 0 Å². The first-order chi connectivity index (χ1) is 17.3. The number of carbonyl (C=O) groups is 1. The summed E-state index contributed by atoms with van der Waals surface area (Å²) in [5.41, 5.74) is 3.31. The maximum Gasteiger partial charge on any atom is 0.172 e. The van der Waals surface area contributed by atoms with Crippen LogP contribution in [-0.2, 0) is 9.53 Å². The molecule has 204 valence electrons. The smallest absolute Gasteiger partial charge is 0.172 e. The highest BCUT2D eigenvalue weighted by Crippen LogP contribution is 2.49. The van der Waals surface area contributed by atoms with Crippen molar-refractivity contribution in [3.63, 3.8) is 0 Å². The SMILES string of the molecule is C=C(C)C(CC=C(C)C)CC1C(O)C(CC=C(C)C)C(O)C2C(=O)C(O)C(c3ccc(O)cc3O)OC12. The van der Waals surface area contributed by atoms with E-state index in [0.29, 0.717) is 12.8 Å². The van der Waals surface area contributed by atoms with Gasteiger partial charge in [-0.2, -0.15) is 0 Å². The number of Topliss-reactive ketones (excluding diaryl/α,β-unsaturated/α-hetero) is 1. The average molecular weight is 515 g/mol. The monoisotopic (exact) mass is 514 g/mol. The average Bonchev–Trinajstić information content (AvgIpc) is 2.80. The molecule has 2 fully saturated rings. The van der Waals surface area contributed by atoms with Gasteiger partial charge in [-0.15, -0.1) is 0 Å². The Bertz CT molecular complexity index is 1050. The summed E-state index contributed by atoms with van der Waals surface area (Å²) in [5.74, 6) is -3.18. The van der Waals surface area contributed by atoms with Crippen LogP contribution >= 0.6 is 0 Å². The first-order valence-corrected chi connectivity index (χ1v) is 13.0. The summed E-state index contributed by atoms with van der Waals surface area (Å²) in [5, 5.41) is 54.0. The van der Waals surface area contributed by atoms with Gasteiger partial charge in [-0.25, -0.2) is 0 Å². The maximum absolute atomic E-state index is 13.6. The molecular weight excluding hydrogens is 472 g/mol. The molecule has 0 amide bonds. The second-order valence-corrected chi connectivity index (χ2v) is 11.3. The van der Waals surface area contributed by atoms with E-state index in [4.69, 9.17) is 4.74 Å². The Labute approximate surface area is 219 Å². The fraction of sp³-hybridized carbons (Fsp3) is 0.567. The second kappa shape index (κ2) is 11.9. The predicted molar refractivity (Wildman–Crippen MR) is 142 cm³/mol. The molecule has 1 saturated heterocycles. The van der Waals surface area contributed by atoms with Crippen LogP contribution in [0.15, 0.2) is 53.6 Å². The number of aromatic hydroxyl groups is 2. The van der Waals surface area contributed by atoms with Gasteiger partial charge in [0.25, 0.3) is 0 Å². The fourth-order valence-electron chi connectivity index (χ4n) is 5.69. The van der Waals surface area contributed by atoms with E-state index in [-0.39, 0.29) is 23.0 Å². The minimum absolute atomic E-state index is 0.0145. The second-order valence-electron chi connectivity index (χ2n) is 11.3. The van der Waals surface area contributed by atoms with Gasteiger partial charge in [0.1, 0.15) is 23.7 Å². The van der Waals surface area contributed by atoms with Crippen LogP contribution in [0.3, 0.4) is 0 Å². The number of phenolic OH excluding ortho intramolecular Hbond substituents is 2. The normalized spacial score (nSPS) is 32.3. The van der Waals surface area contributed by atoms with Crippen molar-refractivity contribution in [1.82, 2.24) is 0 Å². The number of aliphatic hydroxyl groups excluding tert-OH is 3. The van der Waals surface area contributed by atoms with Crippen molar-refractivity contribution in [1.29, 1.82) is 0 Å². The van der Waals surface area contributed by atoms with Gasteiger partial charge in [-0.3, -0.25) is 4.79 Å². The zero-order chi connectivity index (χ0) is 27.6. The van der Waals surface area contributed by atoms with Gasteiger partial charge >= 0.3 is 0 Å². The highest BCUT2D eigenvalue weighted by molar-refractivity contribution is 5.88. The molecule has 2 aliphatic rings. The molecule has 0 aromatic heterocycles. The molecule has 9 unspecified atom stereocenters. The van der Waals surface area contributed by atoms with Gasteiger partial charge in [0.05, 0.1) is 24.2 Å². The molecule has 7 heteroatoms. The molecule has 37 heavy (non-hydrogen) atoms. The molecular formula is C30H42O7. The number of hydrogen-bond donors (Lipinski definition) is 5. The quantitative estimate of drug-likeness (QED) is 0.326. The van der Waals surface area contributed by atoms with Crippen LogP contribution in [0, 0.1) is 23.7 Å². The van der Waals surface area contributed by atoms with Crippen LogP contribution in [0.25, 0.3) is 0 Å². The molecule has 1 heterocycles. The van der Waals surface area contributed by atoms with Crippen molar-refractivity contribution in [2.45, 2.75) is 84.4 Å². The molecule has 1 saturated carbocycles. The minimum Gasteiger partial charge on any atom is -0.508 e. The number of carbonyl (C=O) groups excluding carboxylic acids is 1. The third-order valence-corrected chi connectivity index (χ3v) is 7.85. The van der Waals surface area contributed by atoms with E-state index in [1.54, 1.807) is 0 Å². The van der Waals surface area contributed by atoms with Gasteiger partial charge in [0.15, 0.2) is 5.78 Å². The van der Waals surface area contributed by atoms with Crippen LogP contribution in [0.2, 0.25) is 0 Å². The van der Waals surface area contributed by atoms with E-state index in [1.807, 2.05) is 40.7 Å². The first kappa shape index (κ1) is 29.1. The lowest BCUT2D eigenvalue weighted by molar-refractivity contribution is -0.228. The summed E-state index contributed by atoms with van der Waals surface area (Å²) in [6.45, 7) is 14.0. The number of fused-ring (bicyclic) bond motifs is 1. The van der Waals surface area contributed by atoms with E-state index in [2.05, 4.69) is 12.7 Å². The van der Waals surface area contributed by atoms with Gasteiger partial charge in [-0.05, 0) is 71.9 Å². The zero-order valence-electron chi connectivity index (χ0n) is 22.5. The molecule has 3 rings (SSSR count). The van der Waals surface area contributed by atoms with Crippen molar-refractivity contribution in [2.75, 3.05) is 0 Å². The van der Waals surface area contributed by atoms with Crippen LogP contribution in [0.1, 0.15) is 65.5 Å². The van der Waals surface area contributed by atoms with Gasteiger partial charge < -0.3 is 30.3 Å². The van der Waals surface area contributed by atoms with E-state index in [9.17, 15) is 30.3 Å². The molecule has 1 aromatic carbocycles. The molecule has 5 N–H and O–H groups in total. The number of rotatable bonds is 8. The summed E-state index contributed by atoms with van der Waals surface area (Å²) in [6, 6.07) is 3.87. The minimum atomic E-state index is -1.62.